The van der Waals surface area contributed by atoms with Crippen LogP contribution in [0.2, 0.25) is 0 Å². The normalized spacial score (nSPS) is 12.1. The van der Waals surface area contributed by atoms with Crippen LogP contribution in [0.3, 0.4) is 0 Å². The van der Waals surface area contributed by atoms with Crippen molar-refractivity contribution in [2.75, 3.05) is 20.7 Å². The summed E-state index contributed by atoms with van der Waals surface area (Å²) in [4.78, 5) is 8.86. The fourth-order valence-corrected chi connectivity index (χ4v) is 2.11. The van der Waals surface area contributed by atoms with Gasteiger partial charge in [0, 0.05) is 27.7 Å². The van der Waals surface area contributed by atoms with E-state index < -0.39 is 0 Å². The summed E-state index contributed by atoms with van der Waals surface area (Å²) in [5, 5.41) is 6.55. The minimum Gasteiger partial charge on any atom is -0.377 e. The van der Waals surface area contributed by atoms with Gasteiger partial charge in [-0.1, -0.05) is 12.1 Å². The highest BCUT2D eigenvalue weighted by Crippen LogP contribution is 2.13. The molecule has 1 heterocycles. The molecule has 0 radical (unpaired) electrons. The Kier molecular flexibility index (Phi) is 7.27. The van der Waals surface area contributed by atoms with Crippen LogP contribution in [-0.2, 0) is 18.3 Å². The maximum atomic E-state index is 5.39. The van der Waals surface area contributed by atoms with Crippen molar-refractivity contribution in [3.05, 3.63) is 30.1 Å². The molecule has 1 aromatic heterocycles. The molecule has 1 aromatic carbocycles. The van der Waals surface area contributed by atoms with Gasteiger partial charge in [0.2, 0.25) is 0 Å². The summed E-state index contributed by atoms with van der Waals surface area (Å²) in [5.74, 6) is 1.70. The van der Waals surface area contributed by atoms with Gasteiger partial charge in [0.05, 0.1) is 23.2 Å². The second-order valence-corrected chi connectivity index (χ2v) is 5.82. The van der Waals surface area contributed by atoms with Crippen LogP contribution in [0.5, 0.6) is 0 Å². The topological polar surface area (TPSA) is 63.5 Å². The number of rotatable bonds is 5. The Morgan fingerprint density at radius 1 is 1.30 bits per heavy atom. The number of methoxy groups -OCH3 is 1. The fourth-order valence-electron chi connectivity index (χ4n) is 2.11. The molecule has 23 heavy (non-hydrogen) atoms. The van der Waals surface area contributed by atoms with E-state index >= 15 is 0 Å². The average molecular weight is 431 g/mol. The highest BCUT2D eigenvalue weighted by atomic mass is 127. The van der Waals surface area contributed by atoms with Gasteiger partial charge in [0.1, 0.15) is 5.82 Å². The molecule has 0 aliphatic rings. The highest BCUT2D eigenvalue weighted by molar-refractivity contribution is 14.0. The van der Waals surface area contributed by atoms with Crippen LogP contribution in [-0.4, -0.2) is 41.8 Å². The van der Waals surface area contributed by atoms with E-state index in [-0.39, 0.29) is 29.6 Å². The third kappa shape index (κ3) is 5.07. The molecular weight excluding hydrogens is 405 g/mol. The van der Waals surface area contributed by atoms with Gasteiger partial charge in [-0.25, -0.2) is 4.98 Å². The molecule has 0 atom stereocenters. The zero-order chi connectivity index (χ0) is 16.2. The number of guanidine groups is 1. The Balaban J connectivity index is 0.00000264. The third-order valence-corrected chi connectivity index (χ3v) is 3.75. The van der Waals surface area contributed by atoms with Crippen molar-refractivity contribution in [3.8, 4) is 0 Å². The summed E-state index contributed by atoms with van der Waals surface area (Å²) in [6, 6.07) is 8.11. The van der Waals surface area contributed by atoms with Crippen molar-refractivity contribution >= 4 is 41.0 Å². The Labute approximate surface area is 154 Å². The van der Waals surface area contributed by atoms with Gasteiger partial charge in [-0.15, -0.1) is 24.0 Å². The van der Waals surface area contributed by atoms with Gasteiger partial charge < -0.3 is 19.9 Å². The molecule has 0 unspecified atom stereocenters. The molecule has 7 heteroatoms. The molecule has 2 rings (SSSR count). The number of imidazole rings is 1. The predicted molar refractivity (Wildman–Crippen MR) is 105 cm³/mol. The SMILES string of the molecule is CN=C(NCc1nc2ccccc2n1C)NCC(C)(C)OC.I. The van der Waals surface area contributed by atoms with Gasteiger partial charge >= 0.3 is 0 Å². The Bertz CT molecular complexity index is 666. The van der Waals surface area contributed by atoms with Gasteiger partial charge in [0.25, 0.3) is 0 Å². The van der Waals surface area contributed by atoms with E-state index in [9.17, 15) is 0 Å². The number of nitrogens with one attached hydrogen (secondary N) is 2. The van der Waals surface area contributed by atoms with E-state index in [0.717, 1.165) is 22.8 Å². The van der Waals surface area contributed by atoms with Crippen molar-refractivity contribution in [2.45, 2.75) is 26.0 Å². The van der Waals surface area contributed by atoms with Crippen molar-refractivity contribution in [1.82, 2.24) is 20.2 Å². The Hall–Kier alpha value is -1.35. The van der Waals surface area contributed by atoms with Gasteiger partial charge in [-0.05, 0) is 26.0 Å². The molecule has 0 saturated heterocycles. The van der Waals surface area contributed by atoms with E-state index in [4.69, 9.17) is 4.74 Å². The summed E-state index contributed by atoms with van der Waals surface area (Å²) in [6.45, 7) is 5.33. The van der Waals surface area contributed by atoms with Crippen LogP contribution in [0.25, 0.3) is 11.0 Å². The van der Waals surface area contributed by atoms with E-state index in [1.165, 1.54) is 0 Å². The number of benzene rings is 1. The van der Waals surface area contributed by atoms with Crippen LogP contribution in [0.1, 0.15) is 19.7 Å². The third-order valence-electron chi connectivity index (χ3n) is 3.75. The average Bonchev–Trinajstić information content (AvgIpc) is 2.84. The standard InChI is InChI=1S/C16H25N5O.HI/c1-16(2,22-5)11-19-15(17-3)18-10-14-20-12-8-6-7-9-13(12)21(14)4;/h6-9H,10-11H2,1-5H3,(H2,17,18,19);1H. The molecule has 0 bridgehead atoms. The van der Waals surface area contributed by atoms with E-state index in [1.807, 2.05) is 39.1 Å². The second kappa shape index (κ2) is 8.49. The minimum absolute atomic E-state index is 0. The smallest absolute Gasteiger partial charge is 0.191 e. The molecule has 0 aliphatic carbocycles. The van der Waals surface area contributed by atoms with Gasteiger partial charge in [-0.2, -0.15) is 0 Å². The lowest BCUT2D eigenvalue weighted by Gasteiger charge is -2.24. The summed E-state index contributed by atoms with van der Waals surface area (Å²) in [7, 11) is 5.48. The molecule has 0 spiro atoms. The monoisotopic (exact) mass is 431 g/mol. The lowest BCUT2D eigenvalue weighted by molar-refractivity contribution is 0.0268. The first kappa shape index (κ1) is 19.7. The van der Waals surface area contributed by atoms with Crippen LogP contribution < -0.4 is 10.6 Å². The van der Waals surface area contributed by atoms with Gasteiger partial charge in [0.15, 0.2) is 5.96 Å². The summed E-state index contributed by atoms with van der Waals surface area (Å²) in [6.07, 6.45) is 0. The number of halogens is 1. The quantitative estimate of drug-likeness (QED) is 0.433. The Morgan fingerprint density at radius 3 is 2.61 bits per heavy atom. The second-order valence-electron chi connectivity index (χ2n) is 5.82. The molecule has 0 amide bonds. The number of aliphatic imine (C=N–C) groups is 1. The Morgan fingerprint density at radius 2 is 2.00 bits per heavy atom. The summed E-state index contributed by atoms with van der Waals surface area (Å²) >= 11 is 0. The number of hydrogen-bond donors (Lipinski definition) is 2. The van der Waals surface area contributed by atoms with Crippen molar-refractivity contribution < 1.29 is 4.74 Å². The largest absolute Gasteiger partial charge is 0.377 e. The molecule has 2 N–H and O–H groups in total. The number of ether oxygens (including phenoxy) is 1. The number of aromatic nitrogens is 2. The molecule has 0 aliphatic heterocycles. The van der Waals surface area contributed by atoms with Crippen LogP contribution >= 0.6 is 24.0 Å². The van der Waals surface area contributed by atoms with E-state index in [2.05, 4.69) is 31.2 Å². The van der Waals surface area contributed by atoms with Crippen LogP contribution in [0.15, 0.2) is 29.3 Å². The van der Waals surface area contributed by atoms with Crippen LogP contribution in [0, 0.1) is 0 Å². The number of hydrogen-bond acceptors (Lipinski definition) is 3. The lowest BCUT2D eigenvalue weighted by atomic mass is 10.1. The van der Waals surface area contributed by atoms with Crippen molar-refractivity contribution in [1.29, 1.82) is 0 Å². The maximum Gasteiger partial charge on any atom is 0.191 e. The number of para-hydroxylation sites is 2. The zero-order valence-electron chi connectivity index (χ0n) is 14.4. The van der Waals surface area contributed by atoms with Crippen molar-refractivity contribution in [3.63, 3.8) is 0 Å². The summed E-state index contributed by atoms with van der Waals surface area (Å²) in [5.41, 5.74) is 1.89. The number of aryl methyl sites for hydroxylation is 1. The molecule has 2 aromatic rings. The zero-order valence-corrected chi connectivity index (χ0v) is 16.7. The first-order valence-electron chi connectivity index (χ1n) is 7.37. The maximum absolute atomic E-state index is 5.39. The lowest BCUT2D eigenvalue weighted by Crippen LogP contribution is -2.45. The van der Waals surface area contributed by atoms with Crippen molar-refractivity contribution in [2.24, 2.45) is 12.0 Å². The molecular formula is C16H26IN5O. The first-order chi connectivity index (χ1) is 10.5. The first-order valence-corrected chi connectivity index (χ1v) is 7.37. The predicted octanol–water partition coefficient (Wildman–Crippen LogP) is 2.28. The summed E-state index contributed by atoms with van der Waals surface area (Å²) < 4.78 is 7.48. The number of nitrogens with zero attached hydrogens (tertiary/aromatic N) is 3. The molecule has 0 saturated carbocycles. The molecule has 128 valence electrons. The fraction of sp³-hybridized carbons (Fsp3) is 0.500. The number of fused-ring (bicyclic) bond motifs is 1. The van der Waals surface area contributed by atoms with E-state index in [0.29, 0.717) is 13.1 Å². The minimum atomic E-state index is -0.241. The van der Waals surface area contributed by atoms with Gasteiger partial charge in [-0.3, -0.25) is 4.99 Å². The van der Waals surface area contributed by atoms with Crippen LogP contribution in [0.4, 0.5) is 0 Å². The van der Waals surface area contributed by atoms with E-state index in [1.54, 1.807) is 14.2 Å². The molecule has 0 fully saturated rings. The molecule has 6 nitrogen and oxygen atoms in total. The highest BCUT2D eigenvalue weighted by Gasteiger charge is 2.16.